The minimum atomic E-state index is -0.300. The summed E-state index contributed by atoms with van der Waals surface area (Å²) in [7, 11) is 0. The Labute approximate surface area is 74.8 Å². The minimum Gasteiger partial charge on any atom is -0.379 e. The van der Waals surface area contributed by atoms with E-state index in [0.29, 0.717) is 5.71 Å². The highest BCUT2D eigenvalue weighted by atomic mass is 16.1. The summed E-state index contributed by atoms with van der Waals surface area (Å²) in [5.41, 5.74) is 6.36. The molecule has 0 spiro atoms. The molecule has 13 heavy (non-hydrogen) atoms. The van der Waals surface area contributed by atoms with Gasteiger partial charge < -0.3 is 5.73 Å². The number of nitrogens with two attached hydrogens (primary N) is 1. The van der Waals surface area contributed by atoms with Crippen LogP contribution in [-0.2, 0) is 4.79 Å². The van der Waals surface area contributed by atoms with Gasteiger partial charge in [0.05, 0.1) is 0 Å². The predicted molar refractivity (Wildman–Crippen MR) is 49.6 cm³/mol. The fraction of sp³-hybridized carbons (Fsp3) is 0. The monoisotopic (exact) mass is 173 g/mol. The summed E-state index contributed by atoms with van der Waals surface area (Å²) in [5, 5.41) is 7.21. The highest BCUT2D eigenvalue weighted by Crippen LogP contribution is 2.06. The summed E-state index contributed by atoms with van der Waals surface area (Å²) in [6, 6.07) is 9.13. The van der Waals surface area contributed by atoms with E-state index in [4.69, 9.17) is 5.73 Å². The maximum absolute atomic E-state index is 11.3. The maximum atomic E-state index is 11.3. The fourth-order valence-electron chi connectivity index (χ4n) is 1.10. The van der Waals surface area contributed by atoms with Gasteiger partial charge in [-0.1, -0.05) is 30.3 Å². The number of hydrogen-bond donors (Lipinski definition) is 1. The molecule has 0 unspecified atom stereocenters. The molecule has 1 aromatic rings. The Morgan fingerprint density at radius 1 is 1.08 bits per heavy atom. The largest absolute Gasteiger partial charge is 0.379 e. The number of nitrogens with zero attached hydrogens (tertiary/aromatic N) is 2. The van der Waals surface area contributed by atoms with Crippen molar-refractivity contribution in [2.45, 2.75) is 0 Å². The van der Waals surface area contributed by atoms with Crippen molar-refractivity contribution in [1.82, 2.24) is 0 Å². The number of Topliss-reactive ketones (excluding diaryl/α,β-unsaturated/α-hetero) is 1. The standard InChI is InChI=1S/C9H7N3O/c10-9-8(13)7(11-12-9)6-4-2-1-3-5-6/h1-5H,(H2,10,12,13). The molecule has 0 aromatic heterocycles. The highest BCUT2D eigenvalue weighted by molar-refractivity contribution is 6.70. The van der Waals surface area contributed by atoms with Gasteiger partial charge in [-0.05, 0) is 0 Å². The molecule has 0 amide bonds. The molecule has 0 radical (unpaired) electrons. The van der Waals surface area contributed by atoms with Crippen molar-refractivity contribution in [1.29, 1.82) is 0 Å². The maximum Gasteiger partial charge on any atom is 0.250 e. The second-order valence-electron chi connectivity index (χ2n) is 2.63. The van der Waals surface area contributed by atoms with Gasteiger partial charge in [-0.25, -0.2) is 0 Å². The molecule has 0 fully saturated rings. The number of rotatable bonds is 1. The lowest BCUT2D eigenvalue weighted by atomic mass is 10.1. The first-order chi connectivity index (χ1) is 6.29. The number of benzene rings is 1. The average Bonchev–Trinajstić information content (AvgIpc) is 2.49. The molecule has 2 N–H and O–H groups in total. The van der Waals surface area contributed by atoms with Gasteiger partial charge in [0.2, 0.25) is 5.78 Å². The molecular weight excluding hydrogens is 166 g/mol. The van der Waals surface area contributed by atoms with Crippen LogP contribution in [0.3, 0.4) is 0 Å². The number of carbonyl (C=O) groups excluding carboxylic acids is 1. The molecule has 4 nitrogen and oxygen atoms in total. The Morgan fingerprint density at radius 3 is 2.31 bits per heavy atom. The lowest BCUT2D eigenvalue weighted by Gasteiger charge is -1.96. The van der Waals surface area contributed by atoms with Crippen LogP contribution in [0.2, 0.25) is 0 Å². The molecule has 1 aliphatic rings. The number of hydrogen-bond acceptors (Lipinski definition) is 4. The van der Waals surface area contributed by atoms with Crippen LogP contribution in [0.5, 0.6) is 0 Å². The van der Waals surface area contributed by atoms with Crippen molar-refractivity contribution < 1.29 is 4.79 Å². The van der Waals surface area contributed by atoms with E-state index in [2.05, 4.69) is 10.2 Å². The van der Waals surface area contributed by atoms with Gasteiger partial charge in [0.15, 0.2) is 5.84 Å². The lowest BCUT2D eigenvalue weighted by molar-refractivity contribution is -0.107. The molecule has 0 atom stereocenters. The van der Waals surface area contributed by atoms with Gasteiger partial charge in [-0.2, -0.15) is 0 Å². The normalized spacial score (nSPS) is 15.5. The Hall–Kier alpha value is -1.97. The van der Waals surface area contributed by atoms with Crippen LogP contribution < -0.4 is 5.73 Å². The second kappa shape index (κ2) is 2.82. The first kappa shape index (κ1) is 7.67. The molecule has 0 bridgehead atoms. The van der Waals surface area contributed by atoms with Gasteiger partial charge in [-0.15, -0.1) is 10.2 Å². The van der Waals surface area contributed by atoms with Gasteiger partial charge in [0, 0.05) is 5.56 Å². The highest BCUT2D eigenvalue weighted by Gasteiger charge is 2.22. The zero-order chi connectivity index (χ0) is 9.26. The van der Waals surface area contributed by atoms with E-state index >= 15 is 0 Å². The third-order valence-electron chi connectivity index (χ3n) is 1.75. The minimum absolute atomic E-state index is 0.0427. The summed E-state index contributed by atoms with van der Waals surface area (Å²) in [6.45, 7) is 0. The number of carbonyl (C=O) groups is 1. The molecule has 0 saturated carbocycles. The Kier molecular flexibility index (Phi) is 1.66. The van der Waals surface area contributed by atoms with Crippen molar-refractivity contribution in [3.8, 4) is 0 Å². The van der Waals surface area contributed by atoms with E-state index in [-0.39, 0.29) is 11.6 Å². The van der Waals surface area contributed by atoms with Gasteiger partial charge >= 0.3 is 0 Å². The average molecular weight is 173 g/mol. The summed E-state index contributed by atoms with van der Waals surface area (Å²) >= 11 is 0. The zero-order valence-corrected chi connectivity index (χ0v) is 6.77. The predicted octanol–water partition coefficient (Wildman–Crippen LogP) is 0.331. The fourth-order valence-corrected chi connectivity index (χ4v) is 1.10. The third kappa shape index (κ3) is 1.22. The van der Waals surface area contributed by atoms with Crippen molar-refractivity contribution in [2.24, 2.45) is 15.9 Å². The molecule has 1 heterocycles. The van der Waals surface area contributed by atoms with Crippen LogP contribution >= 0.6 is 0 Å². The molecular formula is C9H7N3O. The van der Waals surface area contributed by atoms with Crippen LogP contribution in [0.1, 0.15) is 5.56 Å². The van der Waals surface area contributed by atoms with E-state index in [9.17, 15) is 4.79 Å². The molecule has 2 rings (SSSR count). The molecule has 0 saturated heterocycles. The van der Waals surface area contributed by atoms with Crippen LogP contribution in [0.4, 0.5) is 0 Å². The Morgan fingerprint density at radius 2 is 1.77 bits per heavy atom. The summed E-state index contributed by atoms with van der Waals surface area (Å²) in [6.07, 6.45) is 0. The first-order valence-electron chi connectivity index (χ1n) is 3.80. The molecule has 64 valence electrons. The van der Waals surface area contributed by atoms with Gasteiger partial charge in [-0.3, -0.25) is 4.79 Å². The van der Waals surface area contributed by atoms with E-state index < -0.39 is 0 Å². The summed E-state index contributed by atoms with van der Waals surface area (Å²) in [4.78, 5) is 11.3. The van der Waals surface area contributed by atoms with Crippen molar-refractivity contribution in [2.75, 3.05) is 0 Å². The van der Waals surface area contributed by atoms with Crippen LogP contribution in [0.25, 0.3) is 0 Å². The van der Waals surface area contributed by atoms with Gasteiger partial charge in [0.25, 0.3) is 0 Å². The third-order valence-corrected chi connectivity index (χ3v) is 1.75. The van der Waals surface area contributed by atoms with Crippen LogP contribution in [0, 0.1) is 0 Å². The number of ketones is 1. The van der Waals surface area contributed by atoms with Crippen molar-refractivity contribution >= 4 is 17.3 Å². The topological polar surface area (TPSA) is 67.8 Å². The van der Waals surface area contributed by atoms with E-state index in [1.54, 1.807) is 12.1 Å². The second-order valence-corrected chi connectivity index (χ2v) is 2.63. The molecule has 1 aromatic carbocycles. The Bertz CT molecular complexity index is 406. The molecule has 0 aliphatic carbocycles. The smallest absolute Gasteiger partial charge is 0.250 e. The van der Waals surface area contributed by atoms with Gasteiger partial charge in [0.1, 0.15) is 5.71 Å². The van der Waals surface area contributed by atoms with E-state index in [1.807, 2.05) is 18.2 Å². The van der Waals surface area contributed by atoms with E-state index in [1.165, 1.54) is 0 Å². The lowest BCUT2D eigenvalue weighted by Crippen LogP contribution is -2.26. The molecule has 4 heteroatoms. The van der Waals surface area contributed by atoms with Crippen LogP contribution in [0.15, 0.2) is 40.5 Å². The first-order valence-corrected chi connectivity index (χ1v) is 3.80. The quantitative estimate of drug-likeness (QED) is 0.665. The van der Waals surface area contributed by atoms with E-state index in [0.717, 1.165) is 5.56 Å². The van der Waals surface area contributed by atoms with Crippen LogP contribution in [-0.4, -0.2) is 17.3 Å². The SMILES string of the molecule is NC1=NN=C(c2ccccc2)C1=O. The zero-order valence-electron chi connectivity index (χ0n) is 6.77. The Balaban J connectivity index is 2.38. The number of amidine groups is 1. The molecule has 1 aliphatic heterocycles. The summed E-state index contributed by atoms with van der Waals surface area (Å²) in [5.74, 6) is -0.343. The van der Waals surface area contributed by atoms with Crippen molar-refractivity contribution in [3.05, 3.63) is 35.9 Å². The summed E-state index contributed by atoms with van der Waals surface area (Å²) < 4.78 is 0. The van der Waals surface area contributed by atoms with Crippen molar-refractivity contribution in [3.63, 3.8) is 0 Å².